The zero-order valence-electron chi connectivity index (χ0n) is 8.36. The quantitative estimate of drug-likeness (QED) is 0.564. The molecule has 0 radical (unpaired) electrons. The minimum absolute atomic E-state index is 1.17. The lowest BCUT2D eigenvalue weighted by molar-refractivity contribution is 1.18. The molecule has 0 spiro atoms. The second-order valence-electron chi connectivity index (χ2n) is 1.69. The van der Waals surface area contributed by atoms with Crippen molar-refractivity contribution in [2.75, 3.05) is 7.05 Å². The largest absolute Gasteiger partial charge is 0.333 e. The van der Waals surface area contributed by atoms with Crippen molar-refractivity contribution in [3.05, 3.63) is 11.6 Å². The molecule has 0 aliphatic rings. The van der Waals surface area contributed by atoms with Crippen LogP contribution in [0.2, 0.25) is 0 Å². The van der Waals surface area contributed by atoms with Crippen LogP contribution in [0.25, 0.3) is 0 Å². The molecule has 0 unspecified atom stereocenters. The molecule has 0 atom stereocenters. The Morgan fingerprint density at radius 3 is 1.50 bits per heavy atom. The summed E-state index contributed by atoms with van der Waals surface area (Å²) in [5.41, 5.74) is 5.91. The van der Waals surface area contributed by atoms with E-state index in [1.807, 2.05) is 13.8 Å². The first-order valence-electron chi connectivity index (χ1n) is 3.98. The van der Waals surface area contributed by atoms with E-state index in [0.717, 1.165) is 0 Å². The summed E-state index contributed by atoms with van der Waals surface area (Å²) in [4.78, 5) is 0. The predicted octanol–water partition coefficient (Wildman–Crippen LogP) is 2.96. The molecule has 0 bridgehead atoms. The Morgan fingerprint density at radius 1 is 1.20 bits per heavy atom. The normalized spacial score (nSPS) is 5.90. The lowest BCUT2D eigenvalue weighted by atomic mass is 10.3. The maximum atomic E-state index is 4.50. The third-order valence-electron chi connectivity index (χ3n) is 0.612. The van der Waals surface area contributed by atoms with Crippen LogP contribution in [-0.4, -0.2) is 7.05 Å². The van der Waals surface area contributed by atoms with Crippen LogP contribution in [-0.2, 0) is 0 Å². The van der Waals surface area contributed by atoms with Crippen molar-refractivity contribution in [3.63, 3.8) is 0 Å². The molecule has 10 heavy (non-hydrogen) atoms. The van der Waals surface area contributed by atoms with E-state index in [1.54, 1.807) is 0 Å². The van der Waals surface area contributed by atoms with Crippen molar-refractivity contribution >= 4 is 0 Å². The van der Waals surface area contributed by atoms with E-state index in [-0.39, 0.29) is 0 Å². The van der Waals surface area contributed by atoms with Gasteiger partial charge in [-0.05, 0) is 27.3 Å². The van der Waals surface area contributed by atoms with Gasteiger partial charge in [0.05, 0.1) is 0 Å². The molecule has 0 fully saturated rings. The highest BCUT2D eigenvalue weighted by Gasteiger charge is 1.67. The molecule has 0 amide bonds. The van der Waals surface area contributed by atoms with Gasteiger partial charge in [0.15, 0.2) is 0 Å². The van der Waals surface area contributed by atoms with Gasteiger partial charge in [0.2, 0.25) is 0 Å². The number of hydrogen-bond donors (Lipinski definition) is 1. The lowest BCUT2D eigenvalue weighted by Crippen LogP contribution is -1.69. The maximum absolute atomic E-state index is 4.50. The fourth-order valence-corrected chi connectivity index (χ4v) is 0.408. The van der Waals surface area contributed by atoms with Gasteiger partial charge < -0.3 is 5.73 Å². The minimum atomic E-state index is 1.17. The molecule has 0 aromatic heterocycles. The van der Waals surface area contributed by atoms with Crippen molar-refractivity contribution in [2.45, 2.75) is 41.0 Å². The smallest absolute Gasteiger partial charge is 0.0195 e. The zero-order chi connectivity index (χ0) is 8.99. The number of hydrogen-bond acceptors (Lipinski definition) is 1. The molecule has 1 heteroatoms. The average molecular weight is 145 g/mol. The molecule has 0 aromatic rings. The number of allylic oxidation sites excluding steroid dienone is 2. The summed E-state index contributed by atoms with van der Waals surface area (Å²) in [7, 11) is 1.50. The van der Waals surface area contributed by atoms with Crippen LogP contribution in [0.3, 0.4) is 0 Å². The van der Waals surface area contributed by atoms with Gasteiger partial charge in [0, 0.05) is 0 Å². The summed E-state index contributed by atoms with van der Waals surface area (Å²) in [6.07, 6.45) is 3.38. The Balaban J connectivity index is -0.000000105. The first kappa shape index (κ1) is 16.4. The van der Waals surface area contributed by atoms with Crippen molar-refractivity contribution < 1.29 is 0 Å². The van der Waals surface area contributed by atoms with Gasteiger partial charge >= 0.3 is 0 Å². The van der Waals surface area contributed by atoms with Gasteiger partial charge in [0.25, 0.3) is 0 Å². The van der Waals surface area contributed by atoms with Crippen LogP contribution >= 0.6 is 0 Å². The molecule has 0 aliphatic carbocycles. The highest BCUT2D eigenvalue weighted by Crippen LogP contribution is 1.88. The summed E-state index contributed by atoms with van der Waals surface area (Å²) in [5.74, 6) is 0. The van der Waals surface area contributed by atoms with Gasteiger partial charge in [-0.15, -0.1) is 0 Å². The molecule has 0 saturated carbocycles. The summed E-state index contributed by atoms with van der Waals surface area (Å²) in [6, 6.07) is 0. The highest BCUT2D eigenvalue weighted by atomic mass is 14.4. The molecule has 0 aliphatic heterocycles. The molecule has 1 nitrogen and oxygen atoms in total. The van der Waals surface area contributed by atoms with Crippen molar-refractivity contribution in [3.8, 4) is 0 Å². The van der Waals surface area contributed by atoms with E-state index in [2.05, 4.69) is 32.6 Å². The van der Waals surface area contributed by atoms with E-state index in [4.69, 9.17) is 0 Å². The Bertz CT molecular complexity index is 51.7. The highest BCUT2D eigenvalue weighted by molar-refractivity contribution is 4.91. The number of nitrogens with two attached hydrogens (primary N) is 1. The molecule has 0 aromatic carbocycles. The van der Waals surface area contributed by atoms with Crippen molar-refractivity contribution in [2.24, 2.45) is 5.73 Å². The van der Waals surface area contributed by atoms with Gasteiger partial charge in [-0.25, -0.2) is 0 Å². The van der Waals surface area contributed by atoms with E-state index in [0.29, 0.717) is 0 Å². The molecule has 0 rings (SSSR count). The van der Waals surface area contributed by atoms with Crippen LogP contribution in [0.15, 0.2) is 11.6 Å². The molecule has 0 saturated heterocycles. The van der Waals surface area contributed by atoms with E-state index in [9.17, 15) is 0 Å². The summed E-state index contributed by atoms with van der Waals surface area (Å²) in [5, 5.41) is 0. The predicted molar refractivity (Wildman–Crippen MR) is 51.2 cm³/mol. The Hall–Kier alpha value is -0.300. The Labute approximate surface area is 66.3 Å². The second kappa shape index (κ2) is 23.4. The van der Waals surface area contributed by atoms with Crippen LogP contribution < -0.4 is 5.73 Å². The summed E-state index contributed by atoms with van der Waals surface area (Å²) >= 11 is 0. The molecular weight excluding hydrogens is 122 g/mol. The lowest BCUT2D eigenvalue weighted by Gasteiger charge is -1.80. The molecular formula is C9H23N. The fourth-order valence-electron chi connectivity index (χ4n) is 0.408. The second-order valence-corrected chi connectivity index (χ2v) is 1.69. The molecule has 2 N–H and O–H groups in total. The maximum Gasteiger partial charge on any atom is -0.0195 e. The molecule has 0 heterocycles. The standard InChI is InChI=1S/C6H12.C2H6.CH5N/c1-4-5-6(2)3;2*1-2/h5H,4H2,1-3H3;1-2H3;2H2,1H3. The summed E-state index contributed by atoms with van der Waals surface area (Å²) < 4.78 is 0. The first-order valence-corrected chi connectivity index (χ1v) is 3.98. The van der Waals surface area contributed by atoms with Gasteiger partial charge in [-0.3, -0.25) is 0 Å². The third-order valence-corrected chi connectivity index (χ3v) is 0.612. The Kier molecular flexibility index (Phi) is 38.2. The van der Waals surface area contributed by atoms with Gasteiger partial charge in [-0.1, -0.05) is 32.4 Å². The zero-order valence-corrected chi connectivity index (χ0v) is 8.36. The van der Waals surface area contributed by atoms with E-state index < -0.39 is 0 Å². The SMILES string of the molecule is CC.CCC=C(C)C.CN. The van der Waals surface area contributed by atoms with Crippen LogP contribution in [0.4, 0.5) is 0 Å². The van der Waals surface area contributed by atoms with E-state index >= 15 is 0 Å². The number of rotatable bonds is 1. The average Bonchev–Trinajstić information content (AvgIpc) is 1.96. The van der Waals surface area contributed by atoms with Crippen LogP contribution in [0, 0.1) is 0 Å². The Morgan fingerprint density at radius 2 is 1.50 bits per heavy atom. The van der Waals surface area contributed by atoms with Crippen LogP contribution in [0.5, 0.6) is 0 Å². The monoisotopic (exact) mass is 145 g/mol. The van der Waals surface area contributed by atoms with Gasteiger partial charge in [-0.2, -0.15) is 0 Å². The minimum Gasteiger partial charge on any atom is -0.333 e. The fraction of sp³-hybridized carbons (Fsp3) is 0.778. The third kappa shape index (κ3) is 47.4. The van der Waals surface area contributed by atoms with Crippen LogP contribution in [0.1, 0.15) is 41.0 Å². The van der Waals surface area contributed by atoms with Crippen molar-refractivity contribution in [1.82, 2.24) is 0 Å². The topological polar surface area (TPSA) is 26.0 Å². The summed E-state index contributed by atoms with van der Waals surface area (Å²) in [6.45, 7) is 10.4. The van der Waals surface area contributed by atoms with Gasteiger partial charge in [0.1, 0.15) is 0 Å². The first-order chi connectivity index (χ1) is 4.77. The molecule has 64 valence electrons. The van der Waals surface area contributed by atoms with E-state index in [1.165, 1.54) is 19.0 Å². The van der Waals surface area contributed by atoms with Crippen molar-refractivity contribution in [1.29, 1.82) is 0 Å².